The molecular weight excluding hydrogens is 402 g/mol. The molecule has 0 fully saturated rings. The first-order valence-electron chi connectivity index (χ1n) is 10.7. The minimum absolute atomic E-state index is 0.157. The molecule has 3 aromatic carbocycles. The maximum atomic E-state index is 12.8. The van der Waals surface area contributed by atoms with E-state index in [1.165, 1.54) is 6.92 Å². The Kier molecular flexibility index (Phi) is 6.03. The number of carbonyl (C=O) groups excluding carboxylic acids is 2. The van der Waals surface area contributed by atoms with E-state index in [1.54, 1.807) is 6.07 Å². The average molecular weight is 428 g/mol. The van der Waals surface area contributed by atoms with E-state index in [9.17, 15) is 9.59 Å². The summed E-state index contributed by atoms with van der Waals surface area (Å²) in [4.78, 5) is 31.2. The van der Waals surface area contributed by atoms with Gasteiger partial charge in [0.1, 0.15) is 11.1 Å². The number of hydrogen-bond acceptors (Lipinski definition) is 5. The fraction of sp³-hybridized carbons (Fsp3) is 0.192. The zero-order chi connectivity index (χ0) is 22.7. The van der Waals surface area contributed by atoms with Crippen molar-refractivity contribution in [2.45, 2.75) is 20.8 Å². The molecule has 0 aliphatic heterocycles. The van der Waals surface area contributed by atoms with Crippen LogP contribution in [0, 0.1) is 0 Å². The zero-order valence-electron chi connectivity index (χ0n) is 18.4. The second-order valence-corrected chi connectivity index (χ2v) is 7.48. The number of hydrogen-bond donors (Lipinski definition) is 1. The minimum Gasteiger partial charge on any atom is -0.437 e. The van der Waals surface area contributed by atoms with Gasteiger partial charge in [0.15, 0.2) is 0 Å². The van der Waals surface area contributed by atoms with E-state index in [-0.39, 0.29) is 11.1 Å². The van der Waals surface area contributed by atoms with Crippen LogP contribution in [0.15, 0.2) is 76.1 Å². The Morgan fingerprint density at radius 3 is 2.44 bits per heavy atom. The topological polar surface area (TPSA) is 74.9 Å². The van der Waals surface area contributed by atoms with Crippen LogP contribution < -0.4 is 15.8 Å². The largest absolute Gasteiger partial charge is 0.437 e. The minimum atomic E-state index is -0.546. The molecule has 1 aromatic heterocycles. The van der Waals surface area contributed by atoms with Crippen molar-refractivity contribution in [3.05, 3.63) is 77.8 Å². The summed E-state index contributed by atoms with van der Waals surface area (Å²) in [5.74, 6) is -0.988. The van der Waals surface area contributed by atoms with Crippen molar-refractivity contribution < 1.29 is 14.0 Å². The first-order valence-corrected chi connectivity index (χ1v) is 10.7. The Labute approximate surface area is 186 Å². The molecule has 0 radical (unpaired) electrons. The number of benzene rings is 3. The number of nitrogens with zero attached hydrogens (tertiary/aromatic N) is 2. The summed E-state index contributed by atoms with van der Waals surface area (Å²) in [6.07, 6.45) is 0. The highest BCUT2D eigenvalue weighted by atomic mass is 16.3. The number of amides is 2. The molecule has 1 heterocycles. The number of imide groups is 1. The lowest BCUT2D eigenvalue weighted by Crippen LogP contribution is -2.32. The van der Waals surface area contributed by atoms with Gasteiger partial charge in [-0.1, -0.05) is 36.4 Å². The molecule has 0 aliphatic carbocycles. The van der Waals surface area contributed by atoms with Gasteiger partial charge in [-0.15, -0.1) is 0 Å². The van der Waals surface area contributed by atoms with Gasteiger partial charge in [-0.05, 0) is 43.5 Å². The molecule has 1 N–H and O–H groups in total. The Balaban J connectivity index is 1.97. The summed E-state index contributed by atoms with van der Waals surface area (Å²) < 4.78 is 6.16. The molecule has 4 rings (SSSR count). The standard InChI is InChI=1S/C26H25N3O3/c1-4-29(5-2)20-14-13-19-15-22(25(31)27-17(3)30)26(32-24(19)16-20)28-23-12-8-10-18-9-6-7-11-21(18)23/h6-16H,4-5H2,1-3H3,(H,27,30,31). The lowest BCUT2D eigenvalue weighted by atomic mass is 10.1. The van der Waals surface area contributed by atoms with E-state index in [4.69, 9.17) is 9.41 Å². The molecule has 0 atom stereocenters. The second-order valence-electron chi connectivity index (χ2n) is 7.48. The van der Waals surface area contributed by atoms with Crippen LogP contribution in [0.3, 0.4) is 0 Å². The smallest absolute Gasteiger partial charge is 0.263 e. The zero-order valence-corrected chi connectivity index (χ0v) is 18.4. The molecule has 0 saturated heterocycles. The third-order valence-electron chi connectivity index (χ3n) is 5.39. The number of fused-ring (bicyclic) bond motifs is 2. The second kappa shape index (κ2) is 9.06. The van der Waals surface area contributed by atoms with E-state index in [2.05, 4.69) is 24.1 Å². The van der Waals surface area contributed by atoms with Gasteiger partial charge in [-0.3, -0.25) is 14.9 Å². The van der Waals surface area contributed by atoms with Gasteiger partial charge >= 0.3 is 0 Å². The van der Waals surface area contributed by atoms with Crippen molar-refractivity contribution in [2.75, 3.05) is 18.0 Å². The highest BCUT2D eigenvalue weighted by Gasteiger charge is 2.15. The Morgan fingerprint density at radius 1 is 0.938 bits per heavy atom. The molecule has 32 heavy (non-hydrogen) atoms. The van der Waals surface area contributed by atoms with E-state index in [0.717, 1.165) is 34.9 Å². The van der Waals surface area contributed by atoms with Crippen molar-refractivity contribution in [3.8, 4) is 0 Å². The first-order chi connectivity index (χ1) is 15.5. The van der Waals surface area contributed by atoms with Crippen LogP contribution in [-0.2, 0) is 4.79 Å². The fourth-order valence-electron chi connectivity index (χ4n) is 3.78. The molecule has 0 aliphatic rings. The quantitative estimate of drug-likeness (QED) is 0.489. The van der Waals surface area contributed by atoms with E-state index in [0.29, 0.717) is 11.3 Å². The van der Waals surface area contributed by atoms with Gasteiger partial charge < -0.3 is 9.32 Å². The monoisotopic (exact) mass is 427 g/mol. The van der Waals surface area contributed by atoms with Crippen LogP contribution in [0.2, 0.25) is 0 Å². The van der Waals surface area contributed by atoms with Crippen LogP contribution in [0.1, 0.15) is 31.1 Å². The van der Waals surface area contributed by atoms with Crippen molar-refractivity contribution >= 4 is 44.9 Å². The molecule has 0 bridgehead atoms. The molecule has 6 heteroatoms. The third kappa shape index (κ3) is 4.25. The summed E-state index contributed by atoms with van der Waals surface area (Å²) in [6, 6.07) is 21.3. The molecular formula is C26H25N3O3. The van der Waals surface area contributed by atoms with Crippen LogP contribution >= 0.6 is 0 Å². The van der Waals surface area contributed by atoms with Crippen LogP contribution in [-0.4, -0.2) is 24.9 Å². The molecule has 0 spiro atoms. The highest BCUT2D eigenvalue weighted by molar-refractivity contribution is 6.05. The van der Waals surface area contributed by atoms with Gasteiger partial charge in [0, 0.05) is 42.5 Å². The Bertz CT molecular complexity index is 1380. The van der Waals surface area contributed by atoms with Gasteiger partial charge in [0.05, 0.1) is 5.69 Å². The summed E-state index contributed by atoms with van der Waals surface area (Å²) in [5.41, 5.74) is 2.69. The number of anilines is 1. The Hall–Kier alpha value is -3.93. The van der Waals surface area contributed by atoms with Crippen molar-refractivity contribution in [3.63, 3.8) is 0 Å². The normalized spacial score (nSPS) is 11.7. The lowest BCUT2D eigenvalue weighted by molar-refractivity contribution is -0.118. The van der Waals surface area contributed by atoms with E-state index >= 15 is 0 Å². The van der Waals surface area contributed by atoms with Crippen LogP contribution in [0.25, 0.3) is 21.7 Å². The molecule has 0 unspecified atom stereocenters. The van der Waals surface area contributed by atoms with Gasteiger partial charge in [0.2, 0.25) is 11.5 Å². The van der Waals surface area contributed by atoms with Crippen molar-refractivity contribution in [1.29, 1.82) is 0 Å². The van der Waals surface area contributed by atoms with Crippen molar-refractivity contribution in [2.24, 2.45) is 4.99 Å². The summed E-state index contributed by atoms with van der Waals surface area (Å²) in [7, 11) is 0. The van der Waals surface area contributed by atoms with Crippen molar-refractivity contribution in [1.82, 2.24) is 5.32 Å². The van der Waals surface area contributed by atoms with E-state index in [1.807, 2.05) is 60.7 Å². The maximum Gasteiger partial charge on any atom is 0.263 e. The highest BCUT2D eigenvalue weighted by Crippen LogP contribution is 2.26. The third-order valence-corrected chi connectivity index (χ3v) is 5.39. The molecule has 162 valence electrons. The number of carbonyl (C=O) groups is 2. The molecule has 2 amide bonds. The predicted octanol–water partition coefficient (Wildman–Crippen LogP) is 4.94. The van der Waals surface area contributed by atoms with Crippen LogP contribution in [0.4, 0.5) is 11.4 Å². The fourth-order valence-corrected chi connectivity index (χ4v) is 3.78. The SMILES string of the molecule is CCN(CC)c1ccc2cc(C(=O)NC(C)=O)c(=Nc3cccc4ccccc34)oc2c1. The molecule has 6 nitrogen and oxygen atoms in total. The lowest BCUT2D eigenvalue weighted by Gasteiger charge is -2.21. The Morgan fingerprint density at radius 2 is 1.69 bits per heavy atom. The van der Waals surface area contributed by atoms with Crippen LogP contribution in [0.5, 0.6) is 0 Å². The average Bonchev–Trinajstić information content (AvgIpc) is 2.79. The van der Waals surface area contributed by atoms with Gasteiger partial charge in [-0.2, -0.15) is 0 Å². The number of nitrogens with one attached hydrogen (secondary N) is 1. The summed E-state index contributed by atoms with van der Waals surface area (Å²) in [6.45, 7) is 7.24. The summed E-state index contributed by atoms with van der Waals surface area (Å²) in [5, 5.41) is 5.06. The van der Waals surface area contributed by atoms with Gasteiger partial charge in [-0.25, -0.2) is 4.99 Å². The predicted molar refractivity (Wildman–Crippen MR) is 127 cm³/mol. The summed E-state index contributed by atoms with van der Waals surface area (Å²) >= 11 is 0. The first kappa shape index (κ1) is 21.3. The molecule has 4 aromatic rings. The van der Waals surface area contributed by atoms with Gasteiger partial charge in [0.25, 0.3) is 5.91 Å². The number of rotatable bonds is 5. The van der Waals surface area contributed by atoms with E-state index < -0.39 is 11.8 Å². The molecule has 0 saturated carbocycles. The maximum absolute atomic E-state index is 12.8.